The summed E-state index contributed by atoms with van der Waals surface area (Å²) in [5.41, 5.74) is 2.35. The molecule has 2 N–H and O–H groups in total. The molecule has 31 heavy (non-hydrogen) atoms. The third-order valence-electron chi connectivity index (χ3n) is 4.87. The summed E-state index contributed by atoms with van der Waals surface area (Å²) in [6.07, 6.45) is 2.72. The highest BCUT2D eigenvalue weighted by molar-refractivity contribution is 6.36. The van der Waals surface area contributed by atoms with Crippen LogP contribution in [0, 0.1) is 0 Å². The molecular weight excluding hydrogens is 398 g/mol. The number of fused-ring (bicyclic) bond motifs is 2. The fraction of sp³-hybridized carbons (Fsp3) is 0.217. The van der Waals surface area contributed by atoms with Crippen molar-refractivity contribution in [3.8, 4) is 5.75 Å². The predicted molar refractivity (Wildman–Crippen MR) is 117 cm³/mol. The number of hydrogen-bond acceptors (Lipinski definition) is 5. The Kier molecular flexibility index (Phi) is 5.29. The van der Waals surface area contributed by atoms with Crippen LogP contribution in [0.5, 0.6) is 5.75 Å². The molecule has 2 heterocycles. The first-order valence-corrected chi connectivity index (χ1v) is 9.88. The predicted octanol–water partition coefficient (Wildman–Crippen LogP) is 3.15. The number of allylic oxidation sites excluding steroid dienone is 1. The molecule has 4 rings (SSSR count). The molecule has 8 nitrogen and oxygen atoms in total. The summed E-state index contributed by atoms with van der Waals surface area (Å²) >= 11 is 0. The smallest absolute Gasteiger partial charge is 0.394 e. The lowest BCUT2D eigenvalue weighted by Crippen LogP contribution is -2.23. The van der Waals surface area contributed by atoms with Crippen molar-refractivity contribution in [2.24, 2.45) is 0 Å². The van der Waals surface area contributed by atoms with Crippen molar-refractivity contribution in [1.82, 2.24) is 9.55 Å². The van der Waals surface area contributed by atoms with Gasteiger partial charge in [0.25, 0.3) is 5.56 Å². The van der Waals surface area contributed by atoms with Gasteiger partial charge in [0.15, 0.2) is 0 Å². The van der Waals surface area contributed by atoms with Crippen LogP contribution in [0.25, 0.3) is 22.6 Å². The summed E-state index contributed by atoms with van der Waals surface area (Å²) in [6, 6.07) is 12.3. The van der Waals surface area contributed by atoms with Crippen molar-refractivity contribution < 1.29 is 19.4 Å². The van der Waals surface area contributed by atoms with Crippen LogP contribution in [0.1, 0.15) is 31.7 Å². The number of nitrogens with zero attached hydrogens (tertiary/aromatic N) is 2. The van der Waals surface area contributed by atoms with Crippen molar-refractivity contribution in [2.75, 3.05) is 5.32 Å². The van der Waals surface area contributed by atoms with E-state index in [2.05, 4.69) is 10.3 Å². The number of carboxylic acid groups (broad SMARTS) is 1. The second-order valence-corrected chi connectivity index (χ2v) is 7.54. The molecule has 3 aromatic rings. The zero-order chi connectivity index (χ0) is 22.1. The molecule has 1 aromatic heterocycles. The molecule has 0 radical (unpaired) electrons. The Morgan fingerprint density at radius 1 is 1.23 bits per heavy atom. The lowest BCUT2D eigenvalue weighted by atomic mass is 10.1. The molecule has 1 aliphatic rings. The van der Waals surface area contributed by atoms with Gasteiger partial charge in [-0.25, -0.2) is 9.78 Å². The second kappa shape index (κ2) is 8.06. The first-order chi connectivity index (χ1) is 14.8. The molecule has 0 saturated heterocycles. The maximum absolute atomic E-state index is 12.9. The van der Waals surface area contributed by atoms with Crippen molar-refractivity contribution in [3.63, 3.8) is 0 Å². The molecule has 0 fully saturated rings. The molecule has 8 heteroatoms. The molecule has 0 aliphatic carbocycles. The van der Waals surface area contributed by atoms with Crippen LogP contribution in [0.2, 0.25) is 0 Å². The lowest BCUT2D eigenvalue weighted by molar-refractivity contribution is -0.147. The maximum Gasteiger partial charge on any atom is 0.394 e. The second-order valence-electron chi connectivity index (χ2n) is 7.54. The number of hydrogen-bond donors (Lipinski definition) is 2. The Hall–Kier alpha value is -3.94. The van der Waals surface area contributed by atoms with Gasteiger partial charge in [-0.15, -0.1) is 0 Å². The Balaban J connectivity index is 1.74. The van der Waals surface area contributed by atoms with Gasteiger partial charge in [0.2, 0.25) is 0 Å². The topological polar surface area (TPSA) is 111 Å². The van der Waals surface area contributed by atoms with Gasteiger partial charge in [0.1, 0.15) is 11.6 Å². The summed E-state index contributed by atoms with van der Waals surface area (Å²) in [6.45, 7) is 4.46. The minimum atomic E-state index is -1.59. The number of rotatable bonds is 4. The zero-order valence-corrected chi connectivity index (χ0v) is 17.1. The van der Waals surface area contributed by atoms with Gasteiger partial charge in [-0.1, -0.05) is 12.1 Å². The fourth-order valence-electron chi connectivity index (χ4n) is 3.57. The van der Waals surface area contributed by atoms with E-state index in [4.69, 9.17) is 9.84 Å². The number of anilines is 1. The van der Waals surface area contributed by atoms with Crippen molar-refractivity contribution in [1.29, 1.82) is 0 Å². The average molecular weight is 419 g/mol. The number of benzene rings is 2. The number of amides is 1. The van der Waals surface area contributed by atoms with E-state index in [0.29, 0.717) is 29.7 Å². The van der Waals surface area contributed by atoms with Crippen LogP contribution in [0.3, 0.4) is 0 Å². The number of nitrogens with one attached hydrogen (secondary N) is 1. The number of carbonyl (C=O) groups is 2. The average Bonchev–Trinajstić information content (AvgIpc) is 3.10. The standard InChI is InChI=1S/C23H21N3O5/c1-13(2)31-17-5-3-4-14(11-17)10-15-8-9-26-20(15)25-19-12-16(24-21(27)23(29)30)6-7-18(19)22(26)28/h3-7,10-13H,8-9H2,1-2H3,(H,24,27)(H,29,30)/b15-10-. The number of aromatic nitrogens is 2. The molecule has 0 saturated carbocycles. The molecule has 1 aliphatic heterocycles. The molecular formula is C23H21N3O5. The first-order valence-electron chi connectivity index (χ1n) is 9.88. The largest absolute Gasteiger partial charge is 0.491 e. The van der Waals surface area contributed by atoms with Crippen LogP contribution in [0.4, 0.5) is 5.69 Å². The van der Waals surface area contributed by atoms with Crippen molar-refractivity contribution >= 4 is 40.1 Å². The molecule has 0 atom stereocenters. The molecule has 1 amide bonds. The maximum atomic E-state index is 12.9. The van der Waals surface area contributed by atoms with Gasteiger partial charge < -0.3 is 15.2 Å². The van der Waals surface area contributed by atoms with Gasteiger partial charge in [0.05, 0.1) is 17.0 Å². The van der Waals surface area contributed by atoms with Crippen LogP contribution >= 0.6 is 0 Å². The van der Waals surface area contributed by atoms with E-state index in [-0.39, 0.29) is 17.4 Å². The Bertz CT molecular complexity index is 1290. The third-order valence-corrected chi connectivity index (χ3v) is 4.87. The number of carbonyl (C=O) groups excluding carboxylic acids is 1. The minimum Gasteiger partial charge on any atom is -0.491 e. The number of ether oxygens (including phenoxy) is 1. The van der Waals surface area contributed by atoms with E-state index in [0.717, 1.165) is 16.9 Å². The normalized spacial score (nSPS) is 14.1. The first kappa shape index (κ1) is 20.3. The van der Waals surface area contributed by atoms with Gasteiger partial charge in [0, 0.05) is 12.2 Å². The monoisotopic (exact) mass is 419 g/mol. The molecule has 0 unspecified atom stereocenters. The summed E-state index contributed by atoms with van der Waals surface area (Å²) in [4.78, 5) is 39.8. The summed E-state index contributed by atoms with van der Waals surface area (Å²) in [5, 5.41) is 11.5. The number of aliphatic carboxylic acids is 1. The Morgan fingerprint density at radius 2 is 2.03 bits per heavy atom. The molecule has 158 valence electrons. The van der Waals surface area contributed by atoms with Crippen LogP contribution in [-0.2, 0) is 16.1 Å². The highest BCUT2D eigenvalue weighted by Crippen LogP contribution is 2.29. The third kappa shape index (κ3) is 4.18. The zero-order valence-electron chi connectivity index (χ0n) is 17.1. The Morgan fingerprint density at radius 3 is 2.77 bits per heavy atom. The number of carboxylic acids is 1. The lowest BCUT2D eigenvalue weighted by Gasteiger charge is -2.10. The summed E-state index contributed by atoms with van der Waals surface area (Å²) in [5.74, 6) is -1.41. The quantitative estimate of drug-likeness (QED) is 0.629. The van der Waals surface area contributed by atoms with E-state index >= 15 is 0 Å². The van der Waals surface area contributed by atoms with Crippen molar-refractivity contribution in [2.45, 2.75) is 32.9 Å². The summed E-state index contributed by atoms with van der Waals surface area (Å²) < 4.78 is 7.39. The van der Waals surface area contributed by atoms with E-state index in [9.17, 15) is 14.4 Å². The molecule has 0 spiro atoms. The molecule has 2 aromatic carbocycles. The van der Waals surface area contributed by atoms with E-state index in [1.165, 1.54) is 12.1 Å². The SMILES string of the molecule is CC(C)Oc1cccc(/C=C2/CCn3c2nc2cc(NC(=O)C(=O)O)ccc2c3=O)c1. The van der Waals surface area contributed by atoms with Crippen molar-refractivity contribution in [3.05, 3.63) is 64.2 Å². The van der Waals surface area contributed by atoms with Gasteiger partial charge in [-0.3, -0.25) is 14.2 Å². The van der Waals surface area contributed by atoms with E-state index in [1.54, 1.807) is 10.6 Å². The van der Waals surface area contributed by atoms with Gasteiger partial charge in [-0.2, -0.15) is 0 Å². The van der Waals surface area contributed by atoms with Gasteiger partial charge in [-0.05, 0) is 67.8 Å². The van der Waals surface area contributed by atoms with Crippen LogP contribution < -0.4 is 15.6 Å². The van der Waals surface area contributed by atoms with Crippen LogP contribution in [-0.4, -0.2) is 32.6 Å². The van der Waals surface area contributed by atoms with E-state index in [1.807, 2.05) is 44.2 Å². The Labute approximate surface area is 177 Å². The highest BCUT2D eigenvalue weighted by atomic mass is 16.5. The van der Waals surface area contributed by atoms with Crippen LogP contribution in [0.15, 0.2) is 47.3 Å². The van der Waals surface area contributed by atoms with E-state index < -0.39 is 11.9 Å². The highest BCUT2D eigenvalue weighted by Gasteiger charge is 2.21. The fourth-order valence-corrected chi connectivity index (χ4v) is 3.57. The van der Waals surface area contributed by atoms with Gasteiger partial charge >= 0.3 is 11.9 Å². The summed E-state index contributed by atoms with van der Waals surface area (Å²) in [7, 11) is 0. The molecule has 0 bridgehead atoms. The minimum absolute atomic E-state index is 0.0672.